The van der Waals surface area contributed by atoms with E-state index in [4.69, 9.17) is 5.41 Å². The number of likely N-dealkylation sites (tertiary alicyclic amines) is 1. The molecule has 1 aliphatic heterocycles. The van der Waals surface area contributed by atoms with E-state index in [2.05, 4.69) is 0 Å². The first-order valence-electron chi connectivity index (χ1n) is 4.50. The van der Waals surface area contributed by atoms with Crippen molar-refractivity contribution in [2.45, 2.75) is 38.8 Å². The highest BCUT2D eigenvalue weighted by Gasteiger charge is 2.21. The summed E-state index contributed by atoms with van der Waals surface area (Å²) in [4.78, 5) is 1.97. The fourth-order valence-electron chi connectivity index (χ4n) is 1.38. The van der Waals surface area contributed by atoms with Gasteiger partial charge in [0, 0.05) is 19.5 Å². The van der Waals surface area contributed by atoms with Crippen molar-refractivity contribution < 1.29 is 4.39 Å². The van der Waals surface area contributed by atoms with Crippen LogP contribution in [0.2, 0.25) is 0 Å². The first kappa shape index (κ1) is 9.49. The van der Waals surface area contributed by atoms with Gasteiger partial charge >= 0.3 is 0 Å². The Kier molecular flexibility index (Phi) is 2.70. The van der Waals surface area contributed by atoms with Gasteiger partial charge in [0.1, 0.15) is 5.67 Å². The number of amidine groups is 1. The van der Waals surface area contributed by atoms with Crippen LogP contribution in [-0.2, 0) is 0 Å². The summed E-state index contributed by atoms with van der Waals surface area (Å²) in [5, 5.41) is 7.52. The van der Waals surface area contributed by atoms with E-state index in [9.17, 15) is 4.39 Å². The molecule has 1 saturated heterocycles. The van der Waals surface area contributed by atoms with Crippen LogP contribution in [0.5, 0.6) is 0 Å². The zero-order valence-electron chi connectivity index (χ0n) is 7.86. The molecule has 0 amide bonds. The largest absolute Gasteiger partial charge is 0.360 e. The average molecular weight is 172 g/mol. The Morgan fingerprint density at radius 1 is 1.58 bits per heavy atom. The van der Waals surface area contributed by atoms with Crippen LogP contribution in [0, 0.1) is 5.41 Å². The lowest BCUT2D eigenvalue weighted by Crippen LogP contribution is -2.29. The van der Waals surface area contributed by atoms with Crippen LogP contribution in [-0.4, -0.2) is 29.5 Å². The van der Waals surface area contributed by atoms with Gasteiger partial charge < -0.3 is 4.90 Å². The number of hydrogen-bond donors (Lipinski definition) is 1. The average Bonchev–Trinajstić information content (AvgIpc) is 2.29. The number of rotatable bonds is 3. The lowest BCUT2D eigenvalue weighted by molar-refractivity contribution is 0.186. The number of hydrogen-bond acceptors (Lipinski definition) is 1. The van der Waals surface area contributed by atoms with Crippen molar-refractivity contribution in [2.24, 2.45) is 0 Å². The van der Waals surface area contributed by atoms with E-state index in [1.54, 1.807) is 13.8 Å². The molecule has 0 unspecified atom stereocenters. The van der Waals surface area contributed by atoms with Crippen molar-refractivity contribution in [2.75, 3.05) is 13.1 Å². The first-order chi connectivity index (χ1) is 5.49. The molecule has 1 aliphatic rings. The molecule has 12 heavy (non-hydrogen) atoms. The maximum atomic E-state index is 13.1. The van der Waals surface area contributed by atoms with E-state index in [0.29, 0.717) is 18.8 Å². The van der Waals surface area contributed by atoms with Gasteiger partial charge in [0.05, 0.1) is 5.84 Å². The molecular weight excluding hydrogens is 155 g/mol. The molecule has 70 valence electrons. The first-order valence-corrected chi connectivity index (χ1v) is 4.50. The standard InChI is InChI=1S/C9H17FN2/c1-9(2,10)5-7-12-6-3-4-8(12)11/h11H,3-7H2,1-2H3. The van der Waals surface area contributed by atoms with E-state index >= 15 is 0 Å². The minimum absolute atomic E-state index is 0.523. The van der Waals surface area contributed by atoms with Gasteiger partial charge in [-0.2, -0.15) is 0 Å². The lowest BCUT2D eigenvalue weighted by Gasteiger charge is -2.21. The Labute approximate surface area is 73.3 Å². The van der Waals surface area contributed by atoms with Gasteiger partial charge in [-0.05, 0) is 26.7 Å². The molecule has 0 aromatic heterocycles. The molecule has 3 heteroatoms. The summed E-state index contributed by atoms with van der Waals surface area (Å²) in [6.45, 7) is 4.82. The molecule has 1 N–H and O–H groups in total. The summed E-state index contributed by atoms with van der Waals surface area (Å²) in [6, 6.07) is 0. The summed E-state index contributed by atoms with van der Waals surface area (Å²) in [5.41, 5.74) is -1.09. The van der Waals surface area contributed by atoms with Crippen molar-refractivity contribution in [3.63, 3.8) is 0 Å². The molecule has 1 rings (SSSR count). The third kappa shape index (κ3) is 2.80. The number of nitrogens with zero attached hydrogens (tertiary/aromatic N) is 1. The number of alkyl halides is 1. The quantitative estimate of drug-likeness (QED) is 0.694. The van der Waals surface area contributed by atoms with E-state index in [0.717, 1.165) is 19.4 Å². The Hall–Kier alpha value is -0.600. The highest BCUT2D eigenvalue weighted by atomic mass is 19.1. The Balaban J connectivity index is 2.27. The molecule has 2 nitrogen and oxygen atoms in total. The second-order valence-corrected chi connectivity index (χ2v) is 4.01. The molecule has 0 bridgehead atoms. The summed E-state index contributed by atoms with van der Waals surface area (Å²) >= 11 is 0. The number of nitrogens with one attached hydrogen (secondary N) is 1. The predicted molar refractivity (Wildman–Crippen MR) is 48.3 cm³/mol. The van der Waals surface area contributed by atoms with Crippen molar-refractivity contribution in [1.82, 2.24) is 4.90 Å². The summed E-state index contributed by atoms with van der Waals surface area (Å²) in [7, 11) is 0. The van der Waals surface area contributed by atoms with Crippen LogP contribution in [0.4, 0.5) is 4.39 Å². The van der Waals surface area contributed by atoms with Crippen LogP contribution < -0.4 is 0 Å². The van der Waals surface area contributed by atoms with Gasteiger partial charge in [-0.3, -0.25) is 5.41 Å². The third-order valence-electron chi connectivity index (χ3n) is 2.20. The van der Waals surface area contributed by atoms with E-state index in [1.165, 1.54) is 0 Å². The molecule has 1 fully saturated rings. The highest BCUT2D eigenvalue weighted by Crippen LogP contribution is 2.17. The normalized spacial score (nSPS) is 18.9. The minimum atomic E-state index is -1.09. The van der Waals surface area contributed by atoms with Crippen LogP contribution in [0.1, 0.15) is 33.1 Å². The molecule has 0 radical (unpaired) electrons. The smallest absolute Gasteiger partial charge is 0.107 e. The Morgan fingerprint density at radius 3 is 2.67 bits per heavy atom. The van der Waals surface area contributed by atoms with Gasteiger partial charge in [-0.25, -0.2) is 4.39 Å². The fourth-order valence-corrected chi connectivity index (χ4v) is 1.38. The zero-order valence-corrected chi connectivity index (χ0v) is 7.86. The van der Waals surface area contributed by atoms with Gasteiger partial charge in [0.2, 0.25) is 0 Å². The second-order valence-electron chi connectivity index (χ2n) is 4.01. The van der Waals surface area contributed by atoms with Crippen molar-refractivity contribution in [3.05, 3.63) is 0 Å². The minimum Gasteiger partial charge on any atom is -0.360 e. The van der Waals surface area contributed by atoms with Crippen LogP contribution in [0.3, 0.4) is 0 Å². The van der Waals surface area contributed by atoms with E-state index in [1.807, 2.05) is 4.90 Å². The zero-order chi connectivity index (χ0) is 9.19. The summed E-state index contributed by atoms with van der Waals surface area (Å²) in [5.74, 6) is 0.680. The summed E-state index contributed by atoms with van der Waals surface area (Å²) in [6.07, 6.45) is 2.45. The van der Waals surface area contributed by atoms with Crippen molar-refractivity contribution >= 4 is 5.84 Å². The predicted octanol–water partition coefficient (Wildman–Crippen LogP) is 2.20. The van der Waals surface area contributed by atoms with Gasteiger partial charge in [0.25, 0.3) is 0 Å². The van der Waals surface area contributed by atoms with Crippen LogP contribution in [0.25, 0.3) is 0 Å². The fraction of sp³-hybridized carbons (Fsp3) is 0.889. The van der Waals surface area contributed by atoms with E-state index in [-0.39, 0.29) is 0 Å². The highest BCUT2D eigenvalue weighted by molar-refractivity contribution is 5.80. The number of halogens is 1. The topological polar surface area (TPSA) is 27.1 Å². The summed E-state index contributed by atoms with van der Waals surface area (Å²) < 4.78 is 13.1. The SMILES string of the molecule is CC(C)(F)CCN1CCCC1=N. The maximum Gasteiger partial charge on any atom is 0.107 e. The molecule has 0 atom stereocenters. The van der Waals surface area contributed by atoms with E-state index < -0.39 is 5.67 Å². The van der Waals surface area contributed by atoms with Crippen LogP contribution in [0.15, 0.2) is 0 Å². The molecule has 0 aromatic rings. The third-order valence-corrected chi connectivity index (χ3v) is 2.20. The molecule has 1 heterocycles. The molecular formula is C9H17FN2. The molecule has 0 saturated carbocycles. The Morgan fingerprint density at radius 2 is 2.25 bits per heavy atom. The maximum absolute atomic E-state index is 13.1. The van der Waals surface area contributed by atoms with Crippen molar-refractivity contribution in [1.29, 1.82) is 5.41 Å². The molecule has 0 aliphatic carbocycles. The molecule has 0 aromatic carbocycles. The molecule has 0 spiro atoms. The van der Waals surface area contributed by atoms with Crippen molar-refractivity contribution in [3.8, 4) is 0 Å². The second kappa shape index (κ2) is 3.42. The Bertz CT molecular complexity index is 172. The van der Waals surface area contributed by atoms with Gasteiger partial charge in [-0.1, -0.05) is 0 Å². The van der Waals surface area contributed by atoms with Crippen LogP contribution >= 0.6 is 0 Å². The monoisotopic (exact) mass is 172 g/mol. The van der Waals surface area contributed by atoms with Gasteiger partial charge in [0.15, 0.2) is 0 Å². The lowest BCUT2D eigenvalue weighted by atomic mass is 10.1. The van der Waals surface area contributed by atoms with Gasteiger partial charge in [-0.15, -0.1) is 0 Å².